The summed E-state index contributed by atoms with van der Waals surface area (Å²) in [6, 6.07) is 0. The lowest BCUT2D eigenvalue weighted by Gasteiger charge is -2.09. The van der Waals surface area contributed by atoms with Crippen molar-refractivity contribution in [3.63, 3.8) is 0 Å². The summed E-state index contributed by atoms with van der Waals surface area (Å²) in [6.07, 6.45) is 1.43. The Morgan fingerprint density at radius 3 is 2.86 bits per heavy atom. The van der Waals surface area contributed by atoms with Gasteiger partial charge in [-0.05, 0) is 14.1 Å². The van der Waals surface area contributed by atoms with Gasteiger partial charge >= 0.3 is 0 Å². The van der Waals surface area contributed by atoms with Gasteiger partial charge in [0, 0.05) is 12.3 Å². The number of rotatable bonds is 4. The average Bonchev–Trinajstić information content (AvgIpc) is 2.12. The topological polar surface area (TPSA) is 55.0 Å². The molecule has 0 atom stereocenters. The number of hydrogen-bond donors (Lipinski definition) is 1. The van der Waals surface area contributed by atoms with Gasteiger partial charge < -0.3 is 10.6 Å². The third-order valence-corrected chi connectivity index (χ3v) is 2.86. The van der Waals surface area contributed by atoms with Crippen LogP contribution in [-0.2, 0) is 0 Å². The van der Waals surface area contributed by atoms with Gasteiger partial charge in [-0.1, -0.05) is 11.6 Å². The molecule has 0 saturated heterocycles. The molecule has 1 rings (SSSR count). The van der Waals surface area contributed by atoms with E-state index < -0.39 is 0 Å². The molecule has 1 aromatic rings. The van der Waals surface area contributed by atoms with Crippen LogP contribution in [0.5, 0.6) is 0 Å². The number of hydrogen-bond acceptors (Lipinski definition) is 5. The van der Waals surface area contributed by atoms with Crippen LogP contribution >= 0.6 is 23.4 Å². The van der Waals surface area contributed by atoms with Crippen LogP contribution in [0.3, 0.4) is 0 Å². The Kier molecular flexibility index (Phi) is 4.44. The molecular weight excluding hydrogens is 220 g/mol. The van der Waals surface area contributed by atoms with E-state index in [4.69, 9.17) is 17.3 Å². The normalized spacial score (nSPS) is 10.9. The van der Waals surface area contributed by atoms with Crippen molar-refractivity contribution in [2.45, 2.75) is 5.03 Å². The molecule has 4 nitrogen and oxygen atoms in total. The number of nitrogens with two attached hydrogens (primary N) is 1. The zero-order valence-electron chi connectivity index (χ0n) is 8.20. The third kappa shape index (κ3) is 3.32. The predicted octanol–water partition coefficient (Wildman–Crippen LogP) is 1.37. The summed E-state index contributed by atoms with van der Waals surface area (Å²) in [6.45, 7) is 0.978. The molecule has 14 heavy (non-hydrogen) atoms. The maximum Gasteiger partial charge on any atom is 0.156 e. The molecule has 0 saturated carbocycles. The van der Waals surface area contributed by atoms with Crippen LogP contribution in [0.25, 0.3) is 0 Å². The zero-order chi connectivity index (χ0) is 10.6. The van der Waals surface area contributed by atoms with Crippen LogP contribution < -0.4 is 5.73 Å². The fourth-order valence-corrected chi connectivity index (χ4v) is 2.01. The summed E-state index contributed by atoms with van der Waals surface area (Å²) < 4.78 is 0. The minimum Gasteiger partial charge on any atom is -0.394 e. The second-order valence-electron chi connectivity index (χ2n) is 3.04. The molecule has 0 spiro atoms. The monoisotopic (exact) mass is 232 g/mol. The highest BCUT2D eigenvalue weighted by molar-refractivity contribution is 7.99. The second-order valence-corrected chi connectivity index (χ2v) is 4.48. The van der Waals surface area contributed by atoms with Crippen LogP contribution in [0.15, 0.2) is 11.4 Å². The van der Waals surface area contributed by atoms with E-state index in [2.05, 4.69) is 14.9 Å². The Labute approximate surface area is 92.9 Å². The van der Waals surface area contributed by atoms with Crippen LogP contribution in [0.1, 0.15) is 0 Å². The molecule has 1 aromatic heterocycles. The number of nitrogen functional groups attached to an aromatic ring is 1. The van der Waals surface area contributed by atoms with Crippen molar-refractivity contribution < 1.29 is 0 Å². The molecule has 0 amide bonds. The number of thioether (sulfide) groups is 1. The summed E-state index contributed by atoms with van der Waals surface area (Å²) in [5, 5.41) is 1.08. The highest BCUT2D eigenvalue weighted by Crippen LogP contribution is 2.26. The Morgan fingerprint density at radius 1 is 1.50 bits per heavy atom. The van der Waals surface area contributed by atoms with Gasteiger partial charge in [-0.25, -0.2) is 9.97 Å². The minimum absolute atomic E-state index is 0.326. The Bertz CT molecular complexity index is 305. The second kappa shape index (κ2) is 5.38. The maximum absolute atomic E-state index is 5.76. The van der Waals surface area contributed by atoms with Crippen molar-refractivity contribution >= 4 is 29.1 Å². The first-order valence-electron chi connectivity index (χ1n) is 4.14. The first-order chi connectivity index (χ1) is 6.61. The lowest BCUT2D eigenvalue weighted by atomic mass is 10.6. The SMILES string of the molecule is CN(C)CCSc1ncnc(Cl)c1N. The molecule has 0 aliphatic heterocycles. The Morgan fingerprint density at radius 2 is 2.21 bits per heavy atom. The minimum atomic E-state index is 0.326. The summed E-state index contributed by atoms with van der Waals surface area (Å²) in [5.74, 6) is 0.935. The molecule has 0 aliphatic carbocycles. The van der Waals surface area contributed by atoms with Gasteiger partial charge in [0.05, 0.1) is 0 Å². The van der Waals surface area contributed by atoms with Crippen molar-refractivity contribution in [3.05, 3.63) is 11.5 Å². The zero-order valence-corrected chi connectivity index (χ0v) is 9.77. The van der Waals surface area contributed by atoms with Gasteiger partial charge in [0.1, 0.15) is 17.0 Å². The summed E-state index contributed by atoms with van der Waals surface area (Å²) >= 11 is 7.34. The molecule has 0 aliphatic rings. The van der Waals surface area contributed by atoms with Gasteiger partial charge in [0.2, 0.25) is 0 Å². The molecular formula is C8H13ClN4S. The van der Waals surface area contributed by atoms with E-state index in [1.807, 2.05) is 14.1 Å². The molecule has 0 radical (unpaired) electrons. The van der Waals surface area contributed by atoms with Crippen LogP contribution in [0, 0.1) is 0 Å². The average molecular weight is 233 g/mol. The maximum atomic E-state index is 5.76. The lowest BCUT2D eigenvalue weighted by Crippen LogP contribution is -2.15. The van der Waals surface area contributed by atoms with E-state index in [0.717, 1.165) is 17.3 Å². The summed E-state index contributed by atoms with van der Waals surface area (Å²) in [7, 11) is 4.05. The standard InChI is InChI=1S/C8H13ClN4S/c1-13(2)3-4-14-8-6(10)7(9)11-5-12-8/h5H,3-4,10H2,1-2H3. The van der Waals surface area contributed by atoms with E-state index >= 15 is 0 Å². The number of halogens is 1. The molecule has 6 heteroatoms. The molecule has 0 fully saturated rings. The van der Waals surface area contributed by atoms with E-state index in [9.17, 15) is 0 Å². The summed E-state index contributed by atoms with van der Waals surface area (Å²) in [4.78, 5) is 9.95. The molecule has 0 aromatic carbocycles. The highest BCUT2D eigenvalue weighted by atomic mass is 35.5. The summed E-state index contributed by atoms with van der Waals surface area (Å²) in [5.41, 5.74) is 6.18. The largest absolute Gasteiger partial charge is 0.394 e. The van der Waals surface area contributed by atoms with Gasteiger partial charge in [-0.3, -0.25) is 0 Å². The number of anilines is 1. The number of aromatic nitrogens is 2. The van der Waals surface area contributed by atoms with E-state index in [1.54, 1.807) is 11.8 Å². The van der Waals surface area contributed by atoms with Gasteiger partial charge in [-0.2, -0.15) is 0 Å². The van der Waals surface area contributed by atoms with E-state index in [-0.39, 0.29) is 0 Å². The highest BCUT2D eigenvalue weighted by Gasteiger charge is 2.05. The number of nitrogens with zero attached hydrogens (tertiary/aromatic N) is 3. The quantitative estimate of drug-likeness (QED) is 0.628. The van der Waals surface area contributed by atoms with Crippen LogP contribution in [0.2, 0.25) is 5.15 Å². The van der Waals surface area contributed by atoms with Gasteiger partial charge in [0.25, 0.3) is 0 Å². The Balaban J connectivity index is 2.54. The fraction of sp³-hybridized carbons (Fsp3) is 0.500. The van der Waals surface area contributed by atoms with Gasteiger partial charge in [-0.15, -0.1) is 11.8 Å². The molecule has 78 valence electrons. The predicted molar refractivity (Wildman–Crippen MR) is 60.7 cm³/mol. The van der Waals surface area contributed by atoms with E-state index in [0.29, 0.717) is 10.8 Å². The third-order valence-electron chi connectivity index (χ3n) is 1.58. The first kappa shape index (κ1) is 11.6. The van der Waals surface area contributed by atoms with Crippen molar-refractivity contribution in [2.24, 2.45) is 0 Å². The van der Waals surface area contributed by atoms with Crippen molar-refractivity contribution in [1.82, 2.24) is 14.9 Å². The first-order valence-corrected chi connectivity index (χ1v) is 5.51. The van der Waals surface area contributed by atoms with Crippen molar-refractivity contribution in [2.75, 3.05) is 32.1 Å². The van der Waals surface area contributed by atoms with E-state index in [1.165, 1.54) is 6.33 Å². The van der Waals surface area contributed by atoms with Crippen LogP contribution in [0.4, 0.5) is 5.69 Å². The lowest BCUT2D eigenvalue weighted by molar-refractivity contribution is 0.437. The van der Waals surface area contributed by atoms with Crippen molar-refractivity contribution in [3.8, 4) is 0 Å². The molecule has 0 unspecified atom stereocenters. The van der Waals surface area contributed by atoms with Gasteiger partial charge in [0.15, 0.2) is 5.15 Å². The fourth-order valence-electron chi connectivity index (χ4n) is 0.799. The Hall–Kier alpha value is -0.520. The molecule has 0 bridgehead atoms. The molecule has 2 N–H and O–H groups in total. The van der Waals surface area contributed by atoms with Crippen LogP contribution in [-0.4, -0.2) is 41.3 Å². The smallest absolute Gasteiger partial charge is 0.156 e. The van der Waals surface area contributed by atoms with Crippen molar-refractivity contribution in [1.29, 1.82) is 0 Å². The molecule has 1 heterocycles.